The zero-order valence-electron chi connectivity index (χ0n) is 12.0. The minimum atomic E-state index is 0.0158. The molecule has 4 heteroatoms. The standard InChI is InChI=1S/C15H23N3O/c1-11(18(2)3)9-17-15(19)13-5-4-12-6-7-16-10-14(12)8-13/h4-5,8,11,16H,6-7,9-10H2,1-3H3,(H,17,19). The van der Waals surface area contributed by atoms with Gasteiger partial charge in [0.15, 0.2) is 0 Å². The molecule has 1 aliphatic rings. The van der Waals surface area contributed by atoms with E-state index < -0.39 is 0 Å². The summed E-state index contributed by atoms with van der Waals surface area (Å²) in [6.45, 7) is 4.65. The molecule has 104 valence electrons. The van der Waals surface area contributed by atoms with Crippen LogP contribution in [0.3, 0.4) is 0 Å². The Bertz CT molecular complexity index is 457. The van der Waals surface area contributed by atoms with Crippen molar-refractivity contribution < 1.29 is 4.79 Å². The maximum absolute atomic E-state index is 12.1. The summed E-state index contributed by atoms with van der Waals surface area (Å²) >= 11 is 0. The number of fused-ring (bicyclic) bond motifs is 1. The summed E-state index contributed by atoms with van der Waals surface area (Å²) in [6.07, 6.45) is 1.05. The number of carbonyl (C=O) groups excluding carboxylic acids is 1. The lowest BCUT2D eigenvalue weighted by Gasteiger charge is -2.21. The minimum Gasteiger partial charge on any atom is -0.350 e. The summed E-state index contributed by atoms with van der Waals surface area (Å²) in [4.78, 5) is 14.2. The van der Waals surface area contributed by atoms with Gasteiger partial charge in [-0.25, -0.2) is 0 Å². The van der Waals surface area contributed by atoms with Crippen LogP contribution in [0.25, 0.3) is 0 Å². The zero-order chi connectivity index (χ0) is 13.8. The van der Waals surface area contributed by atoms with Crippen molar-refractivity contribution in [3.8, 4) is 0 Å². The number of nitrogens with one attached hydrogen (secondary N) is 2. The van der Waals surface area contributed by atoms with Gasteiger partial charge in [0.1, 0.15) is 0 Å². The molecule has 1 atom stereocenters. The Labute approximate surface area is 115 Å². The van der Waals surface area contributed by atoms with E-state index in [-0.39, 0.29) is 5.91 Å². The average molecular weight is 261 g/mol. The number of amides is 1. The van der Waals surface area contributed by atoms with E-state index in [4.69, 9.17) is 0 Å². The zero-order valence-corrected chi connectivity index (χ0v) is 12.0. The molecule has 1 aromatic carbocycles. The van der Waals surface area contributed by atoms with Gasteiger partial charge in [0.05, 0.1) is 0 Å². The van der Waals surface area contributed by atoms with Crippen LogP contribution in [-0.2, 0) is 13.0 Å². The molecule has 1 aliphatic heterocycles. The highest BCUT2D eigenvalue weighted by atomic mass is 16.1. The number of hydrogen-bond donors (Lipinski definition) is 2. The minimum absolute atomic E-state index is 0.0158. The highest BCUT2D eigenvalue weighted by molar-refractivity contribution is 5.94. The number of likely N-dealkylation sites (N-methyl/N-ethyl adjacent to an activating group) is 1. The van der Waals surface area contributed by atoms with Crippen LogP contribution in [0, 0.1) is 0 Å². The Balaban J connectivity index is 1.99. The van der Waals surface area contributed by atoms with E-state index in [0.29, 0.717) is 12.6 Å². The van der Waals surface area contributed by atoms with Crippen LogP contribution in [0.4, 0.5) is 0 Å². The molecule has 4 nitrogen and oxygen atoms in total. The molecule has 0 aliphatic carbocycles. The van der Waals surface area contributed by atoms with Gasteiger partial charge in [0.25, 0.3) is 5.91 Å². The summed E-state index contributed by atoms with van der Waals surface area (Å²) in [6, 6.07) is 6.36. The normalized spacial score (nSPS) is 16.0. The molecule has 1 aromatic rings. The number of hydrogen-bond acceptors (Lipinski definition) is 3. The lowest BCUT2D eigenvalue weighted by atomic mass is 9.98. The molecule has 0 aromatic heterocycles. The predicted molar refractivity (Wildman–Crippen MR) is 77.3 cm³/mol. The maximum Gasteiger partial charge on any atom is 0.251 e. The van der Waals surface area contributed by atoms with Gasteiger partial charge in [-0.15, -0.1) is 0 Å². The van der Waals surface area contributed by atoms with Crippen LogP contribution < -0.4 is 10.6 Å². The van der Waals surface area contributed by atoms with E-state index in [1.54, 1.807) is 0 Å². The third-order valence-corrected chi connectivity index (χ3v) is 3.79. The predicted octanol–water partition coefficient (Wildman–Crippen LogP) is 1.01. The number of carbonyl (C=O) groups is 1. The van der Waals surface area contributed by atoms with Crippen molar-refractivity contribution in [2.75, 3.05) is 27.2 Å². The molecule has 0 spiro atoms. The monoisotopic (exact) mass is 261 g/mol. The van der Waals surface area contributed by atoms with Crippen molar-refractivity contribution in [2.24, 2.45) is 0 Å². The van der Waals surface area contributed by atoms with Crippen molar-refractivity contribution >= 4 is 5.91 Å². The smallest absolute Gasteiger partial charge is 0.251 e. The van der Waals surface area contributed by atoms with Crippen molar-refractivity contribution in [2.45, 2.75) is 25.9 Å². The Morgan fingerprint density at radius 1 is 1.42 bits per heavy atom. The van der Waals surface area contributed by atoms with Gasteiger partial charge in [0, 0.05) is 24.7 Å². The molecule has 0 fully saturated rings. The van der Waals surface area contributed by atoms with Gasteiger partial charge in [-0.05, 0) is 57.2 Å². The SMILES string of the molecule is CC(CNC(=O)c1ccc2c(c1)CNCC2)N(C)C. The van der Waals surface area contributed by atoms with Crippen LogP contribution in [-0.4, -0.2) is 44.0 Å². The van der Waals surface area contributed by atoms with Crippen molar-refractivity contribution in [1.82, 2.24) is 15.5 Å². The molecule has 0 bridgehead atoms. The summed E-state index contributed by atoms with van der Waals surface area (Å²) in [7, 11) is 4.03. The fourth-order valence-electron chi connectivity index (χ4n) is 2.15. The molecule has 0 saturated heterocycles. The van der Waals surface area contributed by atoms with E-state index in [1.807, 2.05) is 26.2 Å². The first-order valence-corrected chi connectivity index (χ1v) is 6.85. The Hall–Kier alpha value is -1.39. The molecule has 0 saturated carbocycles. The van der Waals surface area contributed by atoms with Crippen LogP contribution >= 0.6 is 0 Å². The molecule has 1 amide bonds. The summed E-state index contributed by atoms with van der Waals surface area (Å²) in [5.41, 5.74) is 3.37. The van der Waals surface area contributed by atoms with Gasteiger partial charge in [-0.3, -0.25) is 4.79 Å². The van der Waals surface area contributed by atoms with Crippen LogP contribution in [0.15, 0.2) is 18.2 Å². The van der Waals surface area contributed by atoms with Gasteiger partial charge in [-0.2, -0.15) is 0 Å². The number of benzene rings is 1. The number of rotatable bonds is 4. The molecular formula is C15H23N3O. The summed E-state index contributed by atoms with van der Waals surface area (Å²) in [5.74, 6) is 0.0158. The highest BCUT2D eigenvalue weighted by Gasteiger charge is 2.13. The maximum atomic E-state index is 12.1. The number of nitrogens with zero attached hydrogens (tertiary/aromatic N) is 1. The van der Waals surface area contributed by atoms with E-state index >= 15 is 0 Å². The van der Waals surface area contributed by atoms with Crippen LogP contribution in [0.1, 0.15) is 28.4 Å². The van der Waals surface area contributed by atoms with Gasteiger partial charge >= 0.3 is 0 Å². The molecular weight excluding hydrogens is 238 g/mol. The van der Waals surface area contributed by atoms with E-state index in [2.05, 4.69) is 28.5 Å². The topological polar surface area (TPSA) is 44.4 Å². The molecule has 2 N–H and O–H groups in total. The lowest BCUT2D eigenvalue weighted by Crippen LogP contribution is -2.38. The summed E-state index contributed by atoms with van der Waals surface area (Å²) in [5, 5.41) is 6.32. The highest BCUT2D eigenvalue weighted by Crippen LogP contribution is 2.15. The Morgan fingerprint density at radius 3 is 2.95 bits per heavy atom. The largest absolute Gasteiger partial charge is 0.350 e. The first-order valence-electron chi connectivity index (χ1n) is 6.85. The molecule has 1 unspecified atom stereocenters. The van der Waals surface area contributed by atoms with E-state index in [1.165, 1.54) is 11.1 Å². The van der Waals surface area contributed by atoms with Crippen molar-refractivity contribution in [3.63, 3.8) is 0 Å². The third-order valence-electron chi connectivity index (χ3n) is 3.79. The van der Waals surface area contributed by atoms with Gasteiger partial charge < -0.3 is 15.5 Å². The Kier molecular flexibility index (Phi) is 4.56. The van der Waals surface area contributed by atoms with Crippen LogP contribution in [0.5, 0.6) is 0 Å². The molecule has 2 rings (SSSR count). The second-order valence-corrected chi connectivity index (χ2v) is 5.43. The van der Waals surface area contributed by atoms with E-state index in [9.17, 15) is 4.79 Å². The second kappa shape index (κ2) is 6.17. The quantitative estimate of drug-likeness (QED) is 0.850. The van der Waals surface area contributed by atoms with Crippen molar-refractivity contribution in [3.05, 3.63) is 34.9 Å². The fourth-order valence-corrected chi connectivity index (χ4v) is 2.15. The molecule has 19 heavy (non-hydrogen) atoms. The lowest BCUT2D eigenvalue weighted by molar-refractivity contribution is 0.0943. The molecule has 1 heterocycles. The van der Waals surface area contributed by atoms with Crippen LogP contribution in [0.2, 0.25) is 0 Å². The first-order chi connectivity index (χ1) is 9.08. The fraction of sp³-hybridized carbons (Fsp3) is 0.533. The van der Waals surface area contributed by atoms with Crippen molar-refractivity contribution in [1.29, 1.82) is 0 Å². The summed E-state index contributed by atoms with van der Waals surface area (Å²) < 4.78 is 0. The van der Waals surface area contributed by atoms with Gasteiger partial charge in [0.2, 0.25) is 0 Å². The van der Waals surface area contributed by atoms with E-state index in [0.717, 1.165) is 25.1 Å². The first kappa shape index (κ1) is 14.0. The van der Waals surface area contributed by atoms with Gasteiger partial charge in [-0.1, -0.05) is 6.07 Å². The Morgan fingerprint density at radius 2 is 2.21 bits per heavy atom. The average Bonchev–Trinajstić information content (AvgIpc) is 2.43. The third kappa shape index (κ3) is 3.55. The second-order valence-electron chi connectivity index (χ2n) is 5.43. The molecule has 0 radical (unpaired) electrons.